The third kappa shape index (κ3) is 4.35. The Balaban J connectivity index is 2.76. The van der Waals surface area contributed by atoms with E-state index >= 15 is 0 Å². The van der Waals surface area contributed by atoms with Gasteiger partial charge in [0.15, 0.2) is 0 Å². The van der Waals surface area contributed by atoms with Crippen LogP contribution in [0.3, 0.4) is 0 Å². The largest absolute Gasteiger partial charge is 0.330 e. The molecule has 0 fully saturated rings. The fourth-order valence-corrected chi connectivity index (χ4v) is 1.97. The standard InChI is InChI=1S/C16H26N2O/c1-11(2)14(10-17)15(19)18-13-8-6-12(7-9-13)16(3,4)5/h6-9,11,14H,10,17H2,1-5H3,(H,18,19). The van der Waals surface area contributed by atoms with E-state index in [0.717, 1.165) is 5.69 Å². The number of nitrogens with two attached hydrogens (primary N) is 1. The van der Waals surface area contributed by atoms with E-state index in [1.54, 1.807) is 0 Å². The van der Waals surface area contributed by atoms with Crippen molar-refractivity contribution < 1.29 is 4.79 Å². The maximum Gasteiger partial charge on any atom is 0.229 e. The van der Waals surface area contributed by atoms with Crippen LogP contribution in [0.4, 0.5) is 5.69 Å². The Hall–Kier alpha value is -1.35. The van der Waals surface area contributed by atoms with Crippen LogP contribution in [0.15, 0.2) is 24.3 Å². The van der Waals surface area contributed by atoms with Crippen LogP contribution < -0.4 is 11.1 Å². The number of hydrogen-bond donors (Lipinski definition) is 2. The summed E-state index contributed by atoms with van der Waals surface area (Å²) < 4.78 is 0. The summed E-state index contributed by atoms with van der Waals surface area (Å²) in [7, 11) is 0. The van der Waals surface area contributed by atoms with E-state index in [-0.39, 0.29) is 23.2 Å². The van der Waals surface area contributed by atoms with E-state index in [9.17, 15) is 4.79 Å². The van der Waals surface area contributed by atoms with Gasteiger partial charge in [-0.05, 0) is 29.0 Å². The number of anilines is 1. The lowest BCUT2D eigenvalue weighted by Gasteiger charge is -2.20. The molecule has 3 nitrogen and oxygen atoms in total. The lowest BCUT2D eigenvalue weighted by molar-refractivity contribution is -0.120. The van der Waals surface area contributed by atoms with Crippen molar-refractivity contribution in [3.63, 3.8) is 0 Å². The van der Waals surface area contributed by atoms with Crippen molar-refractivity contribution in [1.82, 2.24) is 0 Å². The molecule has 19 heavy (non-hydrogen) atoms. The molecule has 3 N–H and O–H groups in total. The predicted octanol–water partition coefficient (Wildman–Crippen LogP) is 3.15. The van der Waals surface area contributed by atoms with Crippen LogP contribution in [0.2, 0.25) is 0 Å². The lowest BCUT2D eigenvalue weighted by atomic mass is 9.87. The summed E-state index contributed by atoms with van der Waals surface area (Å²) in [5, 5.41) is 2.93. The van der Waals surface area contributed by atoms with E-state index in [2.05, 4.69) is 38.2 Å². The van der Waals surface area contributed by atoms with Gasteiger partial charge < -0.3 is 11.1 Å². The number of benzene rings is 1. The number of rotatable bonds is 4. The highest BCUT2D eigenvalue weighted by Gasteiger charge is 2.20. The Morgan fingerprint density at radius 3 is 2.11 bits per heavy atom. The molecule has 1 aromatic carbocycles. The number of carbonyl (C=O) groups is 1. The summed E-state index contributed by atoms with van der Waals surface area (Å²) in [5.74, 6) is 0.113. The zero-order chi connectivity index (χ0) is 14.6. The second-order valence-electron chi connectivity index (χ2n) is 6.40. The molecule has 1 atom stereocenters. The average molecular weight is 262 g/mol. The highest BCUT2D eigenvalue weighted by atomic mass is 16.1. The Morgan fingerprint density at radius 2 is 1.74 bits per heavy atom. The third-order valence-electron chi connectivity index (χ3n) is 3.41. The van der Waals surface area contributed by atoms with Gasteiger partial charge in [-0.3, -0.25) is 4.79 Å². The molecule has 0 saturated carbocycles. The third-order valence-corrected chi connectivity index (χ3v) is 3.41. The molecule has 0 saturated heterocycles. The van der Waals surface area contributed by atoms with Crippen LogP contribution in [0.1, 0.15) is 40.2 Å². The van der Waals surface area contributed by atoms with Crippen LogP contribution in [0.25, 0.3) is 0 Å². The van der Waals surface area contributed by atoms with Crippen molar-refractivity contribution in [2.75, 3.05) is 11.9 Å². The zero-order valence-corrected chi connectivity index (χ0v) is 12.7. The minimum atomic E-state index is -0.137. The van der Waals surface area contributed by atoms with Crippen LogP contribution in [0, 0.1) is 11.8 Å². The minimum Gasteiger partial charge on any atom is -0.330 e. The normalized spacial score (nSPS) is 13.4. The molecule has 0 radical (unpaired) electrons. The van der Waals surface area contributed by atoms with E-state index < -0.39 is 0 Å². The van der Waals surface area contributed by atoms with Crippen LogP contribution in [-0.2, 0) is 10.2 Å². The van der Waals surface area contributed by atoms with E-state index in [1.807, 2.05) is 26.0 Å². The van der Waals surface area contributed by atoms with Crippen molar-refractivity contribution in [2.45, 2.75) is 40.0 Å². The van der Waals surface area contributed by atoms with Gasteiger partial charge in [0.05, 0.1) is 5.92 Å². The molecule has 0 bridgehead atoms. The van der Waals surface area contributed by atoms with E-state index in [4.69, 9.17) is 5.73 Å². The first-order chi connectivity index (χ1) is 8.75. The summed E-state index contributed by atoms with van der Waals surface area (Å²) >= 11 is 0. The molecular weight excluding hydrogens is 236 g/mol. The highest BCUT2D eigenvalue weighted by Crippen LogP contribution is 2.23. The van der Waals surface area contributed by atoms with Gasteiger partial charge in [0.25, 0.3) is 0 Å². The highest BCUT2D eigenvalue weighted by molar-refractivity contribution is 5.92. The first-order valence-electron chi connectivity index (χ1n) is 6.87. The Bertz CT molecular complexity index is 415. The molecular formula is C16H26N2O. The Labute approximate surface area is 116 Å². The summed E-state index contributed by atoms with van der Waals surface area (Å²) in [4.78, 5) is 12.1. The van der Waals surface area contributed by atoms with Gasteiger partial charge in [-0.2, -0.15) is 0 Å². The average Bonchev–Trinajstić information content (AvgIpc) is 2.28. The zero-order valence-electron chi connectivity index (χ0n) is 12.7. The molecule has 1 rings (SSSR count). The van der Waals surface area contributed by atoms with Crippen LogP contribution in [-0.4, -0.2) is 12.5 Å². The van der Waals surface area contributed by atoms with Gasteiger partial charge in [0, 0.05) is 12.2 Å². The van der Waals surface area contributed by atoms with Crippen molar-refractivity contribution in [3.05, 3.63) is 29.8 Å². The van der Waals surface area contributed by atoms with E-state index in [0.29, 0.717) is 6.54 Å². The molecule has 0 spiro atoms. The smallest absolute Gasteiger partial charge is 0.229 e. The van der Waals surface area contributed by atoms with Gasteiger partial charge in [-0.1, -0.05) is 46.8 Å². The van der Waals surface area contributed by atoms with E-state index in [1.165, 1.54) is 5.56 Å². The molecule has 1 amide bonds. The molecule has 3 heteroatoms. The summed E-state index contributed by atoms with van der Waals surface area (Å²) in [6.45, 7) is 10.9. The van der Waals surface area contributed by atoms with Gasteiger partial charge in [0.2, 0.25) is 5.91 Å². The van der Waals surface area contributed by atoms with Crippen molar-refractivity contribution in [2.24, 2.45) is 17.6 Å². The molecule has 1 unspecified atom stereocenters. The maximum absolute atomic E-state index is 12.1. The van der Waals surface area contributed by atoms with Gasteiger partial charge in [0.1, 0.15) is 0 Å². The van der Waals surface area contributed by atoms with Gasteiger partial charge in [-0.25, -0.2) is 0 Å². The fourth-order valence-electron chi connectivity index (χ4n) is 1.97. The number of nitrogens with one attached hydrogen (secondary N) is 1. The first-order valence-corrected chi connectivity index (χ1v) is 6.87. The number of hydrogen-bond acceptors (Lipinski definition) is 2. The summed E-state index contributed by atoms with van der Waals surface area (Å²) in [5.41, 5.74) is 7.86. The van der Waals surface area contributed by atoms with Crippen molar-refractivity contribution >= 4 is 11.6 Å². The van der Waals surface area contributed by atoms with Gasteiger partial charge >= 0.3 is 0 Å². The lowest BCUT2D eigenvalue weighted by Crippen LogP contribution is -2.33. The molecule has 106 valence electrons. The van der Waals surface area contributed by atoms with Crippen LogP contribution >= 0.6 is 0 Å². The monoisotopic (exact) mass is 262 g/mol. The second kappa shape index (κ2) is 6.20. The topological polar surface area (TPSA) is 55.1 Å². The number of carbonyl (C=O) groups excluding carboxylic acids is 1. The molecule has 1 aromatic rings. The first kappa shape index (κ1) is 15.7. The maximum atomic E-state index is 12.1. The molecule has 0 aromatic heterocycles. The Kier molecular flexibility index (Phi) is 5.12. The fraction of sp³-hybridized carbons (Fsp3) is 0.562. The molecule has 0 aliphatic carbocycles. The summed E-state index contributed by atoms with van der Waals surface area (Å²) in [6.07, 6.45) is 0. The van der Waals surface area contributed by atoms with Crippen molar-refractivity contribution in [1.29, 1.82) is 0 Å². The Morgan fingerprint density at radius 1 is 1.21 bits per heavy atom. The minimum absolute atomic E-state index is 0.000934. The molecule has 0 heterocycles. The summed E-state index contributed by atoms with van der Waals surface area (Å²) in [6, 6.07) is 8.02. The quantitative estimate of drug-likeness (QED) is 0.875. The predicted molar refractivity (Wildman–Crippen MR) is 81.2 cm³/mol. The number of amides is 1. The van der Waals surface area contributed by atoms with Crippen LogP contribution in [0.5, 0.6) is 0 Å². The molecule has 0 aliphatic rings. The second-order valence-corrected chi connectivity index (χ2v) is 6.40. The van der Waals surface area contributed by atoms with Crippen molar-refractivity contribution in [3.8, 4) is 0 Å². The molecule has 0 aliphatic heterocycles. The van der Waals surface area contributed by atoms with Gasteiger partial charge in [-0.15, -0.1) is 0 Å². The SMILES string of the molecule is CC(C)C(CN)C(=O)Nc1ccc(C(C)(C)C)cc1.